The Morgan fingerprint density at radius 3 is 2.05 bits per heavy atom. The number of rotatable bonds is 4. The van der Waals surface area contributed by atoms with Gasteiger partial charge in [0.25, 0.3) is 0 Å². The van der Waals surface area contributed by atoms with Gasteiger partial charge in [-0.15, -0.1) is 0 Å². The molecular formula is C15H21NO4S. The van der Waals surface area contributed by atoms with Gasteiger partial charge in [-0.25, -0.2) is 8.42 Å². The van der Waals surface area contributed by atoms with E-state index >= 15 is 0 Å². The van der Waals surface area contributed by atoms with Crippen LogP contribution in [0.15, 0.2) is 29.2 Å². The highest BCUT2D eigenvalue weighted by Crippen LogP contribution is 2.56. The van der Waals surface area contributed by atoms with E-state index in [1.807, 2.05) is 19.1 Å². The van der Waals surface area contributed by atoms with Crippen LogP contribution in [0.25, 0.3) is 0 Å². The predicted octanol–water partition coefficient (Wildman–Crippen LogP) is 1.77. The molecule has 21 heavy (non-hydrogen) atoms. The maximum atomic E-state index is 12.5. The fourth-order valence-electron chi connectivity index (χ4n) is 3.42. The summed E-state index contributed by atoms with van der Waals surface area (Å²) >= 11 is 0. The lowest BCUT2D eigenvalue weighted by Gasteiger charge is -2.61. The van der Waals surface area contributed by atoms with Gasteiger partial charge in [0, 0.05) is 45.6 Å². The first-order valence-electron chi connectivity index (χ1n) is 7.02. The van der Waals surface area contributed by atoms with E-state index in [1.165, 1.54) is 0 Å². The average molecular weight is 311 g/mol. The van der Waals surface area contributed by atoms with Crippen molar-refractivity contribution in [1.29, 1.82) is 0 Å². The van der Waals surface area contributed by atoms with Crippen LogP contribution in [-0.2, 0) is 19.5 Å². The van der Waals surface area contributed by atoms with E-state index < -0.39 is 15.8 Å². The zero-order valence-electron chi connectivity index (χ0n) is 12.6. The summed E-state index contributed by atoms with van der Waals surface area (Å²) in [7, 11) is -0.0957. The van der Waals surface area contributed by atoms with Crippen molar-refractivity contribution in [1.82, 2.24) is 4.31 Å². The minimum Gasteiger partial charge on any atom is -0.353 e. The summed E-state index contributed by atoms with van der Waals surface area (Å²) in [5.41, 5.74) is 1.09. The number of sulfonamides is 1. The second-order valence-corrected chi connectivity index (χ2v) is 8.20. The molecule has 0 N–H and O–H groups in total. The highest BCUT2D eigenvalue weighted by molar-refractivity contribution is 7.89. The Morgan fingerprint density at radius 1 is 1.05 bits per heavy atom. The van der Waals surface area contributed by atoms with Crippen LogP contribution >= 0.6 is 0 Å². The smallest absolute Gasteiger partial charge is 0.243 e. The Labute approximate surface area is 125 Å². The van der Waals surface area contributed by atoms with E-state index in [2.05, 4.69) is 0 Å². The summed E-state index contributed by atoms with van der Waals surface area (Å²) in [5, 5.41) is 0. The van der Waals surface area contributed by atoms with Crippen molar-refractivity contribution >= 4 is 10.0 Å². The molecule has 1 aliphatic carbocycles. The van der Waals surface area contributed by atoms with Gasteiger partial charge in [-0.2, -0.15) is 4.31 Å². The number of hydrogen-bond donors (Lipinski definition) is 0. The normalized spacial score (nSPS) is 23.6. The number of methoxy groups -OCH3 is 2. The number of ether oxygens (including phenoxy) is 2. The van der Waals surface area contributed by atoms with Crippen LogP contribution in [0.4, 0.5) is 0 Å². The van der Waals surface area contributed by atoms with Gasteiger partial charge in [0.2, 0.25) is 10.0 Å². The first-order valence-corrected chi connectivity index (χ1v) is 8.46. The van der Waals surface area contributed by atoms with Crippen LogP contribution in [0.3, 0.4) is 0 Å². The van der Waals surface area contributed by atoms with E-state index in [1.54, 1.807) is 30.7 Å². The van der Waals surface area contributed by atoms with Gasteiger partial charge in [-0.05, 0) is 19.1 Å². The standard InChI is InChI=1S/C15H21NO4S/c1-12-4-6-13(7-5-12)21(17,18)16-10-14(11-16)8-15(9-14,19-2)20-3/h4-7H,8-11H2,1-3H3. The van der Waals surface area contributed by atoms with E-state index in [-0.39, 0.29) is 5.41 Å². The molecule has 0 bridgehead atoms. The Kier molecular flexibility index (Phi) is 3.40. The summed E-state index contributed by atoms with van der Waals surface area (Å²) in [5.74, 6) is -0.514. The maximum Gasteiger partial charge on any atom is 0.243 e. The third-order valence-corrected chi connectivity index (χ3v) is 6.52. The molecule has 0 radical (unpaired) electrons. The monoisotopic (exact) mass is 311 g/mol. The highest BCUT2D eigenvalue weighted by Gasteiger charge is 2.63. The molecule has 3 rings (SSSR count). The van der Waals surface area contributed by atoms with Crippen LogP contribution in [0.5, 0.6) is 0 Å². The molecule has 1 saturated carbocycles. The lowest BCUT2D eigenvalue weighted by molar-refractivity contribution is -0.313. The summed E-state index contributed by atoms with van der Waals surface area (Å²) in [6, 6.07) is 7.00. The largest absolute Gasteiger partial charge is 0.353 e. The molecule has 5 nitrogen and oxygen atoms in total. The summed E-state index contributed by atoms with van der Waals surface area (Å²) in [4.78, 5) is 0.368. The second-order valence-electron chi connectivity index (χ2n) is 6.26. The fourth-order valence-corrected chi connectivity index (χ4v) is 5.08. The van der Waals surface area contributed by atoms with Gasteiger partial charge in [0.05, 0.1) is 4.90 Å². The van der Waals surface area contributed by atoms with Gasteiger partial charge in [0.1, 0.15) is 0 Å². The second kappa shape index (κ2) is 4.78. The van der Waals surface area contributed by atoms with Crippen molar-refractivity contribution in [3.8, 4) is 0 Å². The zero-order chi connectivity index (χ0) is 15.3. The number of hydrogen-bond acceptors (Lipinski definition) is 4. The first kappa shape index (κ1) is 15.0. The van der Waals surface area contributed by atoms with Gasteiger partial charge in [0.15, 0.2) is 5.79 Å². The van der Waals surface area contributed by atoms with Crippen LogP contribution in [0, 0.1) is 12.3 Å². The maximum absolute atomic E-state index is 12.5. The SMILES string of the molecule is COC1(OC)CC2(CN(S(=O)(=O)c3ccc(C)cc3)C2)C1. The minimum absolute atomic E-state index is 0.0315. The van der Waals surface area contributed by atoms with E-state index in [0.717, 1.165) is 18.4 Å². The topological polar surface area (TPSA) is 55.8 Å². The predicted molar refractivity (Wildman–Crippen MR) is 78.4 cm³/mol. The zero-order valence-corrected chi connectivity index (χ0v) is 13.4. The average Bonchev–Trinajstić information content (AvgIpc) is 2.37. The Balaban J connectivity index is 1.68. The van der Waals surface area contributed by atoms with E-state index in [9.17, 15) is 8.42 Å². The molecule has 1 spiro atoms. The first-order chi connectivity index (χ1) is 9.85. The lowest BCUT2D eigenvalue weighted by atomic mass is 9.60. The molecule has 1 aromatic rings. The van der Waals surface area contributed by atoms with Gasteiger partial charge in [-0.1, -0.05) is 17.7 Å². The van der Waals surface area contributed by atoms with Gasteiger partial charge < -0.3 is 9.47 Å². The molecule has 6 heteroatoms. The number of aryl methyl sites for hydroxylation is 1. The molecule has 0 amide bonds. The molecule has 0 aromatic heterocycles. The third kappa shape index (κ3) is 2.30. The van der Waals surface area contributed by atoms with Crippen molar-refractivity contribution in [2.24, 2.45) is 5.41 Å². The summed E-state index contributed by atoms with van der Waals surface area (Å²) < 4.78 is 37.3. The van der Waals surface area contributed by atoms with Crippen LogP contribution < -0.4 is 0 Å². The quantitative estimate of drug-likeness (QED) is 0.795. The third-order valence-electron chi connectivity index (χ3n) is 4.71. The van der Waals surface area contributed by atoms with Crippen molar-refractivity contribution in [2.45, 2.75) is 30.4 Å². The van der Waals surface area contributed by atoms with Crippen LogP contribution in [0.2, 0.25) is 0 Å². The van der Waals surface area contributed by atoms with Gasteiger partial charge in [-0.3, -0.25) is 0 Å². The molecule has 1 heterocycles. The van der Waals surface area contributed by atoms with Crippen molar-refractivity contribution in [2.75, 3.05) is 27.3 Å². The molecule has 1 saturated heterocycles. The number of benzene rings is 1. The fraction of sp³-hybridized carbons (Fsp3) is 0.600. The number of nitrogens with zero attached hydrogens (tertiary/aromatic N) is 1. The lowest BCUT2D eigenvalue weighted by Crippen LogP contribution is -2.69. The molecule has 0 unspecified atom stereocenters. The molecule has 2 fully saturated rings. The van der Waals surface area contributed by atoms with Crippen LogP contribution in [0.1, 0.15) is 18.4 Å². The van der Waals surface area contributed by atoms with Crippen molar-refractivity contribution in [3.63, 3.8) is 0 Å². The molecule has 116 valence electrons. The highest BCUT2D eigenvalue weighted by atomic mass is 32.2. The Hall–Kier alpha value is -0.950. The summed E-state index contributed by atoms with van der Waals surface area (Å²) in [6.07, 6.45) is 1.51. The van der Waals surface area contributed by atoms with Gasteiger partial charge >= 0.3 is 0 Å². The Morgan fingerprint density at radius 2 is 1.57 bits per heavy atom. The van der Waals surface area contributed by atoms with E-state index in [4.69, 9.17) is 9.47 Å². The molecule has 1 aromatic carbocycles. The minimum atomic E-state index is -3.37. The van der Waals surface area contributed by atoms with Crippen molar-refractivity contribution in [3.05, 3.63) is 29.8 Å². The molecule has 0 atom stereocenters. The van der Waals surface area contributed by atoms with Crippen molar-refractivity contribution < 1.29 is 17.9 Å². The van der Waals surface area contributed by atoms with E-state index in [0.29, 0.717) is 18.0 Å². The molecular weight excluding hydrogens is 290 g/mol. The summed E-state index contributed by atoms with van der Waals surface area (Å²) in [6.45, 7) is 3.05. The van der Waals surface area contributed by atoms with Crippen LogP contribution in [-0.4, -0.2) is 45.8 Å². The molecule has 2 aliphatic rings. The molecule has 1 aliphatic heterocycles. The Bertz CT molecular complexity index is 618.